The lowest BCUT2D eigenvalue weighted by Crippen LogP contribution is -2.33. The van der Waals surface area contributed by atoms with Crippen LogP contribution < -0.4 is 11.1 Å². The zero-order valence-corrected chi connectivity index (χ0v) is 13.0. The number of hydrogen-bond donors (Lipinski definition) is 2. The van der Waals surface area contributed by atoms with E-state index in [4.69, 9.17) is 10.5 Å². The van der Waals surface area contributed by atoms with Crippen LogP contribution in [0.2, 0.25) is 0 Å². The molecule has 0 aliphatic carbocycles. The number of ether oxygens (including phenoxy) is 1. The van der Waals surface area contributed by atoms with E-state index in [1.54, 1.807) is 0 Å². The monoisotopic (exact) mass is 290 g/mol. The lowest BCUT2D eigenvalue weighted by molar-refractivity contribution is -0.123. The molecule has 3 N–H and O–H groups in total. The van der Waals surface area contributed by atoms with Gasteiger partial charge in [0.25, 0.3) is 0 Å². The molecule has 0 radical (unpaired) electrons. The summed E-state index contributed by atoms with van der Waals surface area (Å²) in [7, 11) is 0. The molecule has 1 aromatic carbocycles. The van der Waals surface area contributed by atoms with Crippen LogP contribution in [0.5, 0.6) is 0 Å². The summed E-state index contributed by atoms with van der Waals surface area (Å²) >= 11 is 0. The highest BCUT2D eigenvalue weighted by Gasteiger charge is 2.19. The minimum atomic E-state index is -0.167. The first kappa shape index (κ1) is 16.0. The van der Waals surface area contributed by atoms with Gasteiger partial charge in [-0.15, -0.1) is 0 Å². The third kappa shape index (κ3) is 4.83. The Kier molecular flexibility index (Phi) is 5.76. The molecule has 1 aliphatic rings. The topological polar surface area (TPSA) is 64.3 Å². The van der Waals surface area contributed by atoms with Crippen LogP contribution in [0, 0.1) is 0 Å². The number of carbonyl (C=O) groups excluding carboxylic acids is 1. The molecular weight excluding hydrogens is 264 g/mol. The van der Waals surface area contributed by atoms with E-state index < -0.39 is 0 Å². The number of benzene rings is 1. The van der Waals surface area contributed by atoms with Gasteiger partial charge in [-0.05, 0) is 29.9 Å². The second kappa shape index (κ2) is 7.57. The third-order valence-electron chi connectivity index (χ3n) is 3.99. The van der Waals surface area contributed by atoms with Crippen molar-refractivity contribution in [1.29, 1.82) is 0 Å². The highest BCUT2D eigenvalue weighted by atomic mass is 16.5. The van der Waals surface area contributed by atoms with Gasteiger partial charge in [0.2, 0.25) is 5.91 Å². The molecule has 2 unspecified atom stereocenters. The molecular formula is C17H26N2O2. The van der Waals surface area contributed by atoms with Crippen molar-refractivity contribution in [3.63, 3.8) is 0 Å². The lowest BCUT2D eigenvalue weighted by Gasteiger charge is -2.15. The standard InChI is InChI=1S/C17H26N2O2/c1-12(2)13-5-7-14(8-6-13)16(18)11-19-17(20)10-15-4-3-9-21-15/h5-8,12,15-16H,3-4,9-11,18H2,1-2H3,(H,19,20). The molecule has 1 amide bonds. The molecule has 0 saturated carbocycles. The van der Waals surface area contributed by atoms with Crippen molar-refractivity contribution in [2.45, 2.75) is 51.2 Å². The van der Waals surface area contributed by atoms with Crippen molar-refractivity contribution in [1.82, 2.24) is 5.32 Å². The Hall–Kier alpha value is -1.39. The summed E-state index contributed by atoms with van der Waals surface area (Å²) in [6, 6.07) is 8.14. The van der Waals surface area contributed by atoms with Crippen LogP contribution in [-0.2, 0) is 9.53 Å². The summed E-state index contributed by atoms with van der Waals surface area (Å²) in [6.45, 7) is 5.58. The van der Waals surface area contributed by atoms with E-state index in [2.05, 4.69) is 31.3 Å². The van der Waals surface area contributed by atoms with Gasteiger partial charge >= 0.3 is 0 Å². The molecule has 4 nitrogen and oxygen atoms in total. The fourth-order valence-electron chi connectivity index (χ4n) is 2.55. The highest BCUT2D eigenvalue weighted by Crippen LogP contribution is 2.18. The Morgan fingerprint density at radius 3 is 2.57 bits per heavy atom. The summed E-state index contributed by atoms with van der Waals surface area (Å²) in [5.74, 6) is 0.539. The third-order valence-corrected chi connectivity index (χ3v) is 3.99. The number of hydrogen-bond acceptors (Lipinski definition) is 3. The average molecular weight is 290 g/mol. The molecule has 0 aromatic heterocycles. The summed E-state index contributed by atoms with van der Waals surface area (Å²) < 4.78 is 5.46. The molecule has 0 bridgehead atoms. The van der Waals surface area contributed by atoms with E-state index in [9.17, 15) is 4.79 Å². The van der Waals surface area contributed by atoms with E-state index in [-0.39, 0.29) is 18.1 Å². The van der Waals surface area contributed by atoms with Gasteiger partial charge in [0.1, 0.15) is 0 Å². The predicted molar refractivity (Wildman–Crippen MR) is 84.1 cm³/mol. The maximum absolute atomic E-state index is 11.8. The molecule has 0 spiro atoms. The van der Waals surface area contributed by atoms with E-state index in [1.807, 2.05) is 12.1 Å². The Balaban J connectivity index is 1.77. The Bertz CT molecular complexity index is 450. The fourth-order valence-corrected chi connectivity index (χ4v) is 2.55. The molecule has 4 heteroatoms. The maximum atomic E-state index is 11.8. The van der Waals surface area contributed by atoms with Gasteiger partial charge < -0.3 is 15.8 Å². The zero-order valence-electron chi connectivity index (χ0n) is 13.0. The minimum Gasteiger partial charge on any atom is -0.378 e. The molecule has 21 heavy (non-hydrogen) atoms. The number of nitrogens with one attached hydrogen (secondary N) is 1. The summed E-state index contributed by atoms with van der Waals surface area (Å²) in [5.41, 5.74) is 8.48. The summed E-state index contributed by atoms with van der Waals surface area (Å²) in [5, 5.41) is 2.90. The summed E-state index contributed by atoms with van der Waals surface area (Å²) in [6.07, 6.45) is 2.57. The van der Waals surface area contributed by atoms with E-state index in [1.165, 1.54) is 5.56 Å². The quantitative estimate of drug-likeness (QED) is 0.846. The van der Waals surface area contributed by atoms with Gasteiger partial charge in [-0.1, -0.05) is 38.1 Å². The molecule has 2 atom stereocenters. The number of carbonyl (C=O) groups is 1. The van der Waals surface area contributed by atoms with Crippen molar-refractivity contribution >= 4 is 5.91 Å². The van der Waals surface area contributed by atoms with Gasteiger partial charge in [-0.3, -0.25) is 4.79 Å². The first-order chi connectivity index (χ1) is 10.1. The number of rotatable bonds is 6. The SMILES string of the molecule is CC(C)c1ccc(C(N)CNC(=O)CC2CCCO2)cc1. The fraction of sp³-hybridized carbons (Fsp3) is 0.588. The second-order valence-corrected chi connectivity index (χ2v) is 6.07. The van der Waals surface area contributed by atoms with Crippen LogP contribution in [0.4, 0.5) is 0 Å². The Morgan fingerprint density at radius 2 is 2.00 bits per heavy atom. The van der Waals surface area contributed by atoms with Crippen LogP contribution in [0.1, 0.15) is 56.2 Å². The normalized spacial score (nSPS) is 19.7. The lowest BCUT2D eigenvalue weighted by atomic mass is 9.99. The minimum absolute atomic E-state index is 0.0242. The van der Waals surface area contributed by atoms with Gasteiger partial charge in [0, 0.05) is 19.2 Å². The van der Waals surface area contributed by atoms with Gasteiger partial charge in [0.15, 0.2) is 0 Å². The van der Waals surface area contributed by atoms with Gasteiger partial charge in [0.05, 0.1) is 12.5 Å². The van der Waals surface area contributed by atoms with Crippen molar-refractivity contribution < 1.29 is 9.53 Å². The van der Waals surface area contributed by atoms with Crippen LogP contribution in [0.15, 0.2) is 24.3 Å². The van der Waals surface area contributed by atoms with Gasteiger partial charge in [-0.2, -0.15) is 0 Å². The van der Waals surface area contributed by atoms with Crippen LogP contribution in [-0.4, -0.2) is 25.2 Å². The van der Waals surface area contributed by atoms with Crippen molar-refractivity contribution in [3.8, 4) is 0 Å². The number of nitrogens with two attached hydrogens (primary N) is 1. The molecule has 2 rings (SSSR count). The number of amides is 1. The first-order valence-corrected chi connectivity index (χ1v) is 7.80. The van der Waals surface area contributed by atoms with E-state index >= 15 is 0 Å². The van der Waals surface area contributed by atoms with Crippen LogP contribution >= 0.6 is 0 Å². The zero-order chi connectivity index (χ0) is 15.2. The van der Waals surface area contributed by atoms with Crippen molar-refractivity contribution in [2.24, 2.45) is 5.73 Å². The predicted octanol–water partition coefficient (Wildman–Crippen LogP) is 2.50. The summed E-state index contributed by atoms with van der Waals surface area (Å²) in [4.78, 5) is 11.8. The van der Waals surface area contributed by atoms with Crippen molar-refractivity contribution in [2.75, 3.05) is 13.2 Å². The molecule has 1 heterocycles. The second-order valence-electron chi connectivity index (χ2n) is 6.07. The largest absolute Gasteiger partial charge is 0.378 e. The highest BCUT2D eigenvalue weighted by molar-refractivity contribution is 5.76. The van der Waals surface area contributed by atoms with Crippen LogP contribution in [0.3, 0.4) is 0 Å². The first-order valence-electron chi connectivity index (χ1n) is 7.80. The van der Waals surface area contributed by atoms with E-state index in [0.717, 1.165) is 25.0 Å². The van der Waals surface area contributed by atoms with Crippen molar-refractivity contribution in [3.05, 3.63) is 35.4 Å². The van der Waals surface area contributed by atoms with E-state index in [0.29, 0.717) is 18.9 Å². The molecule has 1 aromatic rings. The molecule has 116 valence electrons. The Labute approximate surface area is 127 Å². The molecule has 1 aliphatic heterocycles. The Morgan fingerprint density at radius 1 is 1.33 bits per heavy atom. The molecule has 1 saturated heterocycles. The maximum Gasteiger partial charge on any atom is 0.222 e. The smallest absolute Gasteiger partial charge is 0.222 e. The van der Waals surface area contributed by atoms with Crippen LogP contribution in [0.25, 0.3) is 0 Å². The molecule has 1 fully saturated rings. The average Bonchev–Trinajstić information content (AvgIpc) is 2.97. The van der Waals surface area contributed by atoms with Gasteiger partial charge in [-0.25, -0.2) is 0 Å².